The van der Waals surface area contributed by atoms with Crippen LogP contribution in [0.1, 0.15) is 58.6 Å². The number of aryl methyl sites for hydroxylation is 1. The minimum Gasteiger partial charge on any atom is -0.383 e. The summed E-state index contributed by atoms with van der Waals surface area (Å²) >= 11 is 0. The van der Waals surface area contributed by atoms with Gasteiger partial charge >= 0.3 is 0 Å². The van der Waals surface area contributed by atoms with Crippen molar-refractivity contribution in [2.75, 3.05) is 13.7 Å². The summed E-state index contributed by atoms with van der Waals surface area (Å²) in [5, 5.41) is 14.7. The van der Waals surface area contributed by atoms with Gasteiger partial charge in [0.15, 0.2) is 5.69 Å². The molecule has 1 amide bonds. The molecule has 8 heteroatoms. The predicted molar refractivity (Wildman–Crippen MR) is 96.0 cm³/mol. The average Bonchev–Trinajstić information content (AvgIpc) is 3.13. The molecule has 2 aromatic rings. The van der Waals surface area contributed by atoms with Crippen LogP contribution in [-0.4, -0.2) is 45.7 Å². The second kappa shape index (κ2) is 7.59. The van der Waals surface area contributed by atoms with Crippen LogP contribution in [0.2, 0.25) is 0 Å². The van der Waals surface area contributed by atoms with Gasteiger partial charge in [0.1, 0.15) is 0 Å². The number of H-pyrrole nitrogens is 1. The number of fused-ring (bicyclic) bond motifs is 1. The molecular formula is C18H27N5O3. The van der Waals surface area contributed by atoms with Crippen LogP contribution in [0.3, 0.4) is 0 Å². The topological polar surface area (TPSA) is 94.1 Å². The molecule has 0 radical (unpaired) electrons. The number of carbonyl (C=O) groups is 1. The molecule has 0 unspecified atom stereocenters. The molecule has 0 fully saturated rings. The van der Waals surface area contributed by atoms with Crippen molar-refractivity contribution in [3.8, 4) is 0 Å². The number of ether oxygens (including phenoxy) is 2. The third kappa shape index (κ3) is 3.52. The maximum Gasteiger partial charge on any atom is 0.272 e. The molecule has 1 aliphatic rings. The molecule has 142 valence electrons. The highest BCUT2D eigenvalue weighted by atomic mass is 16.5. The zero-order valence-corrected chi connectivity index (χ0v) is 16.0. The van der Waals surface area contributed by atoms with Crippen LogP contribution in [0.4, 0.5) is 0 Å². The number of aromatic nitrogens is 4. The van der Waals surface area contributed by atoms with E-state index in [0.29, 0.717) is 31.8 Å². The molecular weight excluding hydrogens is 334 g/mol. The zero-order valence-electron chi connectivity index (χ0n) is 16.0. The summed E-state index contributed by atoms with van der Waals surface area (Å²) in [7, 11) is 1.67. The van der Waals surface area contributed by atoms with Gasteiger partial charge in [-0.15, -0.1) is 0 Å². The Labute approximate surface area is 153 Å². The lowest BCUT2D eigenvalue weighted by atomic mass is 9.99. The molecule has 2 atom stereocenters. The molecule has 0 saturated carbocycles. The molecule has 8 nitrogen and oxygen atoms in total. The number of carbonyl (C=O) groups excluding carboxylic acids is 1. The van der Waals surface area contributed by atoms with E-state index >= 15 is 0 Å². The first-order valence-electron chi connectivity index (χ1n) is 8.95. The summed E-state index contributed by atoms with van der Waals surface area (Å²) in [6, 6.07) is 0. The number of nitrogens with one attached hydrogen (secondary N) is 2. The molecule has 3 heterocycles. The zero-order chi connectivity index (χ0) is 18.8. The van der Waals surface area contributed by atoms with Crippen LogP contribution < -0.4 is 5.32 Å². The fourth-order valence-corrected chi connectivity index (χ4v) is 3.50. The number of aromatic amines is 1. The first-order valence-corrected chi connectivity index (χ1v) is 8.95. The van der Waals surface area contributed by atoms with Crippen molar-refractivity contribution in [2.24, 2.45) is 0 Å². The summed E-state index contributed by atoms with van der Waals surface area (Å²) in [6.45, 7) is 9.66. The average molecular weight is 361 g/mol. The van der Waals surface area contributed by atoms with E-state index in [1.807, 2.05) is 32.4 Å². The van der Waals surface area contributed by atoms with Gasteiger partial charge in [-0.1, -0.05) is 0 Å². The normalized spacial score (nSPS) is 19.4. The third-order valence-corrected chi connectivity index (χ3v) is 4.91. The van der Waals surface area contributed by atoms with Crippen LogP contribution in [0.25, 0.3) is 0 Å². The molecule has 0 aromatic carbocycles. The lowest BCUT2D eigenvalue weighted by molar-refractivity contribution is -0.00697. The maximum atomic E-state index is 12.7. The second-order valence-corrected chi connectivity index (χ2v) is 6.81. The van der Waals surface area contributed by atoms with E-state index in [9.17, 15) is 4.79 Å². The van der Waals surface area contributed by atoms with Gasteiger partial charge in [-0.3, -0.25) is 14.6 Å². The Hall–Kier alpha value is -2.19. The van der Waals surface area contributed by atoms with E-state index in [1.54, 1.807) is 7.11 Å². The minimum atomic E-state index is -0.174. The Bertz CT molecular complexity index is 795. The van der Waals surface area contributed by atoms with Crippen molar-refractivity contribution >= 4 is 5.91 Å². The molecule has 0 bridgehead atoms. The smallest absolute Gasteiger partial charge is 0.272 e. The number of nitrogens with zero attached hydrogens (tertiary/aromatic N) is 3. The number of hydrogen-bond donors (Lipinski definition) is 2. The van der Waals surface area contributed by atoms with E-state index in [1.165, 1.54) is 0 Å². The maximum absolute atomic E-state index is 12.7. The van der Waals surface area contributed by atoms with Gasteiger partial charge in [0.25, 0.3) is 5.91 Å². The Morgan fingerprint density at radius 3 is 2.92 bits per heavy atom. The Morgan fingerprint density at radius 2 is 2.19 bits per heavy atom. The monoisotopic (exact) mass is 361 g/mol. The summed E-state index contributed by atoms with van der Waals surface area (Å²) < 4.78 is 12.8. The van der Waals surface area contributed by atoms with E-state index in [0.717, 1.165) is 28.2 Å². The van der Waals surface area contributed by atoms with Crippen LogP contribution >= 0.6 is 0 Å². The fraction of sp³-hybridized carbons (Fsp3) is 0.611. The van der Waals surface area contributed by atoms with Crippen molar-refractivity contribution in [3.63, 3.8) is 0 Å². The van der Waals surface area contributed by atoms with Crippen LogP contribution in [-0.2, 0) is 29.0 Å². The number of rotatable bonds is 6. The molecule has 3 rings (SSSR count). The Balaban J connectivity index is 1.72. The highest BCUT2D eigenvalue weighted by Gasteiger charge is 2.29. The molecule has 0 aliphatic carbocycles. The summed E-state index contributed by atoms with van der Waals surface area (Å²) in [5.74, 6) is -0.174. The molecule has 2 aromatic heterocycles. The quantitative estimate of drug-likeness (QED) is 0.818. The summed E-state index contributed by atoms with van der Waals surface area (Å²) in [6.07, 6.45) is 0.683. The van der Waals surface area contributed by atoms with E-state index in [-0.39, 0.29) is 18.1 Å². The molecule has 2 N–H and O–H groups in total. The molecule has 0 spiro atoms. The van der Waals surface area contributed by atoms with E-state index in [2.05, 4.69) is 20.6 Å². The first kappa shape index (κ1) is 18.6. The van der Waals surface area contributed by atoms with Gasteiger partial charge in [-0.2, -0.15) is 10.2 Å². The van der Waals surface area contributed by atoms with Crippen LogP contribution in [0, 0.1) is 13.8 Å². The van der Waals surface area contributed by atoms with E-state index < -0.39 is 0 Å². The highest BCUT2D eigenvalue weighted by molar-refractivity contribution is 5.94. The number of hydrogen-bond acceptors (Lipinski definition) is 5. The Morgan fingerprint density at radius 1 is 1.42 bits per heavy atom. The predicted octanol–water partition coefficient (Wildman–Crippen LogP) is 1.82. The third-order valence-electron chi connectivity index (χ3n) is 4.91. The highest BCUT2D eigenvalue weighted by Crippen LogP contribution is 2.30. The Kier molecular flexibility index (Phi) is 5.43. The van der Waals surface area contributed by atoms with Crippen LogP contribution in [0.5, 0.6) is 0 Å². The number of methoxy groups -OCH3 is 1. The minimum absolute atomic E-state index is 0.0742. The molecule has 0 saturated heterocycles. The largest absolute Gasteiger partial charge is 0.383 e. The molecule has 1 aliphatic heterocycles. The van der Waals surface area contributed by atoms with Crippen molar-refractivity contribution < 1.29 is 14.3 Å². The van der Waals surface area contributed by atoms with Gasteiger partial charge in [0.2, 0.25) is 0 Å². The first-order chi connectivity index (χ1) is 12.4. The van der Waals surface area contributed by atoms with Gasteiger partial charge in [-0.05, 0) is 27.7 Å². The SMILES string of the molecule is COCCn1nc(C)c(CNC(=O)c2n[nH]c3c2C[C@H](C)O[C@@H]3C)c1C. The van der Waals surface area contributed by atoms with Gasteiger partial charge < -0.3 is 14.8 Å². The molecule has 26 heavy (non-hydrogen) atoms. The lowest BCUT2D eigenvalue weighted by Gasteiger charge is -2.25. The van der Waals surface area contributed by atoms with E-state index in [4.69, 9.17) is 9.47 Å². The van der Waals surface area contributed by atoms with Gasteiger partial charge in [-0.25, -0.2) is 0 Å². The van der Waals surface area contributed by atoms with Crippen molar-refractivity contribution in [2.45, 2.75) is 59.4 Å². The van der Waals surface area contributed by atoms with Gasteiger partial charge in [0, 0.05) is 36.9 Å². The summed E-state index contributed by atoms with van der Waals surface area (Å²) in [5.41, 5.74) is 5.30. The fourth-order valence-electron chi connectivity index (χ4n) is 3.50. The van der Waals surface area contributed by atoms with Gasteiger partial charge in [0.05, 0.1) is 36.7 Å². The summed E-state index contributed by atoms with van der Waals surface area (Å²) in [4.78, 5) is 12.7. The van der Waals surface area contributed by atoms with Crippen molar-refractivity contribution in [1.82, 2.24) is 25.3 Å². The van der Waals surface area contributed by atoms with Crippen molar-refractivity contribution in [1.29, 1.82) is 0 Å². The lowest BCUT2D eigenvalue weighted by Crippen LogP contribution is -2.27. The number of amides is 1. The second-order valence-electron chi connectivity index (χ2n) is 6.81. The standard InChI is InChI=1S/C18H27N5O3/c1-10-8-14-16(13(4)26-10)20-21-17(14)18(24)19-9-15-11(2)22-23(12(15)3)6-7-25-5/h10,13H,6-9H2,1-5H3,(H,19,24)(H,20,21)/t10-,13+/m0/s1. The van der Waals surface area contributed by atoms with Crippen LogP contribution in [0.15, 0.2) is 0 Å². The van der Waals surface area contributed by atoms with Crippen molar-refractivity contribution in [3.05, 3.63) is 33.9 Å².